The van der Waals surface area contributed by atoms with Crippen molar-refractivity contribution >= 4 is 11.9 Å². The van der Waals surface area contributed by atoms with Gasteiger partial charge in [-0.05, 0) is 44.1 Å². The van der Waals surface area contributed by atoms with E-state index in [-0.39, 0.29) is 18.0 Å². The molecule has 0 aliphatic carbocycles. The molecule has 0 aromatic heterocycles. The predicted molar refractivity (Wildman–Crippen MR) is 124 cm³/mol. The van der Waals surface area contributed by atoms with Crippen molar-refractivity contribution in [1.29, 1.82) is 0 Å². The summed E-state index contributed by atoms with van der Waals surface area (Å²) in [5, 5.41) is 0. The Labute approximate surface area is 185 Å². The monoisotopic (exact) mass is 420 g/mol. The molecule has 30 heavy (non-hydrogen) atoms. The van der Waals surface area contributed by atoms with Crippen molar-refractivity contribution in [3.05, 3.63) is 12.2 Å². The molecule has 4 nitrogen and oxygen atoms in total. The summed E-state index contributed by atoms with van der Waals surface area (Å²) in [4.78, 5) is 23.7. The summed E-state index contributed by atoms with van der Waals surface area (Å²) >= 11 is 0. The molecular weight excluding hydrogens is 376 g/mol. The van der Waals surface area contributed by atoms with E-state index in [1.807, 2.05) is 6.92 Å². The van der Waals surface area contributed by atoms with Gasteiger partial charge in [-0.3, -0.25) is 9.59 Å². The molecule has 0 saturated carbocycles. The van der Waals surface area contributed by atoms with Crippen LogP contribution in [0.4, 0.5) is 0 Å². The molecule has 0 fully saturated rings. The van der Waals surface area contributed by atoms with Gasteiger partial charge in [0.25, 0.3) is 0 Å². The van der Waals surface area contributed by atoms with Crippen molar-refractivity contribution in [2.75, 3.05) is 6.61 Å². The van der Waals surface area contributed by atoms with E-state index in [0.717, 1.165) is 63.4 Å². The van der Waals surface area contributed by atoms with Crippen LogP contribution in [0.25, 0.3) is 0 Å². The molecule has 0 amide bonds. The van der Waals surface area contributed by atoms with Crippen LogP contribution < -0.4 is 0 Å². The Morgan fingerprint density at radius 1 is 0.867 bits per heavy atom. The van der Waals surface area contributed by atoms with Gasteiger partial charge in [-0.1, -0.05) is 84.1 Å². The molecule has 0 N–H and O–H groups in total. The fourth-order valence-corrected chi connectivity index (χ4v) is 3.02. The van der Waals surface area contributed by atoms with Crippen LogP contribution in [0.2, 0.25) is 0 Å². The third kappa shape index (κ3) is 19.6. The third-order valence-corrected chi connectivity index (χ3v) is 4.68. The normalized spacial score (nSPS) is 11.5. The van der Waals surface area contributed by atoms with E-state index < -0.39 is 0 Å². The Morgan fingerprint density at radius 2 is 1.43 bits per heavy atom. The lowest BCUT2D eigenvalue weighted by atomic mass is 10.1. The molecule has 0 aliphatic heterocycles. The van der Waals surface area contributed by atoms with Gasteiger partial charge in [0.05, 0.1) is 6.61 Å². The summed E-state index contributed by atoms with van der Waals surface area (Å²) in [6.45, 7) is 12.5. The maximum Gasteiger partial charge on any atom is 0.307 e. The van der Waals surface area contributed by atoms with E-state index in [2.05, 4.69) is 39.2 Å². The minimum absolute atomic E-state index is 0.0695. The molecule has 0 aromatic carbocycles. The van der Waals surface area contributed by atoms with Crippen LogP contribution in [0.5, 0.6) is 0 Å². The number of esters is 2. The smallest absolute Gasteiger partial charge is 0.307 e. The summed E-state index contributed by atoms with van der Waals surface area (Å²) in [5.41, 5.74) is 0.778. The molecule has 172 valence electrons. The molecule has 0 bridgehead atoms. The second kappa shape index (κ2) is 19.2. The SMILES string of the molecule is C=C(C)C#CC(CC(C)C)OC(=O)CCCCCCCCC(=O)OCCCCCC. The fraction of sp³-hybridized carbons (Fsp3) is 0.769. The van der Waals surface area contributed by atoms with Gasteiger partial charge >= 0.3 is 11.9 Å². The van der Waals surface area contributed by atoms with Gasteiger partial charge in [0.15, 0.2) is 6.10 Å². The molecule has 0 heterocycles. The molecule has 1 atom stereocenters. The second-order valence-corrected chi connectivity index (χ2v) is 8.56. The molecule has 1 unspecified atom stereocenters. The Kier molecular flexibility index (Phi) is 18.1. The quantitative estimate of drug-likeness (QED) is 0.148. The van der Waals surface area contributed by atoms with E-state index >= 15 is 0 Å². The minimum Gasteiger partial charge on any atom is -0.466 e. The summed E-state index contributed by atoms with van der Waals surface area (Å²) in [7, 11) is 0. The summed E-state index contributed by atoms with van der Waals surface area (Å²) < 4.78 is 10.8. The lowest BCUT2D eigenvalue weighted by Crippen LogP contribution is -2.18. The first-order chi connectivity index (χ1) is 14.3. The topological polar surface area (TPSA) is 52.6 Å². The number of carbonyl (C=O) groups is 2. The Balaban J connectivity index is 3.73. The predicted octanol–water partition coefficient (Wildman–Crippen LogP) is 6.77. The first-order valence-corrected chi connectivity index (χ1v) is 11.9. The third-order valence-electron chi connectivity index (χ3n) is 4.68. The molecule has 0 aromatic rings. The van der Waals surface area contributed by atoms with Crippen LogP contribution in [-0.2, 0) is 19.1 Å². The minimum atomic E-state index is -0.347. The van der Waals surface area contributed by atoms with Crippen LogP contribution in [-0.4, -0.2) is 24.6 Å². The number of hydrogen-bond donors (Lipinski definition) is 0. The Morgan fingerprint density at radius 3 is 2.00 bits per heavy atom. The molecular formula is C26H44O4. The van der Waals surface area contributed by atoms with Crippen LogP contribution in [0.15, 0.2) is 12.2 Å². The van der Waals surface area contributed by atoms with Crippen molar-refractivity contribution < 1.29 is 19.1 Å². The van der Waals surface area contributed by atoms with E-state index in [1.165, 1.54) is 12.8 Å². The summed E-state index contributed by atoms with van der Waals surface area (Å²) in [5.74, 6) is 6.11. The molecule has 0 aliphatic rings. The average Bonchev–Trinajstić information content (AvgIpc) is 2.67. The zero-order chi connectivity index (χ0) is 22.6. The van der Waals surface area contributed by atoms with Gasteiger partial charge in [-0.2, -0.15) is 0 Å². The lowest BCUT2D eigenvalue weighted by Gasteiger charge is -2.14. The van der Waals surface area contributed by atoms with Gasteiger partial charge in [0.2, 0.25) is 0 Å². The first kappa shape index (κ1) is 28.2. The first-order valence-electron chi connectivity index (χ1n) is 11.9. The highest BCUT2D eigenvalue weighted by Gasteiger charge is 2.13. The van der Waals surface area contributed by atoms with E-state index in [4.69, 9.17) is 9.47 Å². The van der Waals surface area contributed by atoms with Crippen LogP contribution >= 0.6 is 0 Å². The number of rotatable bonds is 17. The maximum absolute atomic E-state index is 12.1. The van der Waals surface area contributed by atoms with Crippen LogP contribution in [0.3, 0.4) is 0 Å². The molecule has 0 radical (unpaired) electrons. The number of ether oxygens (including phenoxy) is 2. The fourth-order valence-electron chi connectivity index (χ4n) is 3.02. The van der Waals surface area contributed by atoms with Crippen molar-refractivity contribution in [1.82, 2.24) is 0 Å². The second-order valence-electron chi connectivity index (χ2n) is 8.56. The Hall–Kier alpha value is -1.76. The van der Waals surface area contributed by atoms with Gasteiger partial charge < -0.3 is 9.47 Å². The molecule has 4 heteroatoms. The molecule has 0 spiro atoms. The van der Waals surface area contributed by atoms with Crippen molar-refractivity contribution in [3.8, 4) is 11.8 Å². The van der Waals surface area contributed by atoms with E-state index in [0.29, 0.717) is 25.4 Å². The van der Waals surface area contributed by atoms with E-state index in [1.54, 1.807) is 0 Å². The van der Waals surface area contributed by atoms with Crippen molar-refractivity contribution in [3.63, 3.8) is 0 Å². The Bertz CT molecular complexity index is 539. The van der Waals surface area contributed by atoms with Crippen LogP contribution in [0, 0.1) is 17.8 Å². The van der Waals surface area contributed by atoms with E-state index in [9.17, 15) is 9.59 Å². The van der Waals surface area contributed by atoms with Crippen molar-refractivity contribution in [2.45, 2.75) is 117 Å². The van der Waals surface area contributed by atoms with Gasteiger partial charge in [-0.15, -0.1) is 0 Å². The zero-order valence-electron chi connectivity index (χ0n) is 19.9. The van der Waals surface area contributed by atoms with Crippen molar-refractivity contribution in [2.24, 2.45) is 5.92 Å². The lowest BCUT2D eigenvalue weighted by molar-refractivity contribution is -0.147. The van der Waals surface area contributed by atoms with Gasteiger partial charge in [-0.25, -0.2) is 0 Å². The van der Waals surface area contributed by atoms with Crippen LogP contribution in [0.1, 0.15) is 111 Å². The zero-order valence-corrected chi connectivity index (χ0v) is 19.9. The number of unbranched alkanes of at least 4 members (excludes halogenated alkanes) is 8. The van der Waals surface area contributed by atoms with Gasteiger partial charge in [0, 0.05) is 12.8 Å². The summed E-state index contributed by atoms with van der Waals surface area (Å²) in [6, 6.07) is 0. The summed E-state index contributed by atoms with van der Waals surface area (Å²) in [6.07, 6.45) is 11.8. The highest BCUT2D eigenvalue weighted by molar-refractivity contribution is 5.70. The number of hydrogen-bond acceptors (Lipinski definition) is 4. The largest absolute Gasteiger partial charge is 0.466 e. The standard InChI is InChI=1S/C26H44O4/c1-6-7-8-15-20-29-25(27)16-13-11-9-10-12-14-17-26(28)30-24(21-23(4)5)19-18-22(2)3/h23-24H,2,6-17,20-21H2,1,3-5H3. The number of carbonyl (C=O) groups excluding carboxylic acids is 2. The molecule has 0 saturated heterocycles. The molecule has 0 rings (SSSR count). The maximum atomic E-state index is 12.1. The highest BCUT2D eigenvalue weighted by Crippen LogP contribution is 2.12. The highest BCUT2D eigenvalue weighted by atomic mass is 16.5. The average molecular weight is 421 g/mol. The number of allylic oxidation sites excluding steroid dienone is 1. The van der Waals surface area contributed by atoms with Gasteiger partial charge in [0.1, 0.15) is 0 Å².